The molecule has 0 saturated heterocycles. The number of pyridine rings is 1. The van der Waals surface area contributed by atoms with E-state index in [1.54, 1.807) is 0 Å². The van der Waals surface area contributed by atoms with Crippen molar-refractivity contribution in [2.75, 3.05) is 5.32 Å². The smallest absolute Gasteiger partial charge is 0.258 e. The highest BCUT2D eigenvalue weighted by Gasteiger charge is 2.15. The lowest BCUT2D eigenvalue weighted by molar-refractivity contribution is 0.102. The lowest BCUT2D eigenvalue weighted by Gasteiger charge is -2.08. The zero-order valence-electron chi connectivity index (χ0n) is 9.55. The van der Waals surface area contributed by atoms with E-state index in [0.717, 1.165) is 12.3 Å². The minimum atomic E-state index is -0.795. The first-order valence-corrected chi connectivity index (χ1v) is 6.29. The number of benzene rings is 1. The van der Waals surface area contributed by atoms with E-state index >= 15 is 0 Å². The maximum absolute atomic E-state index is 13.2. The second-order valence-corrected chi connectivity index (χ2v) is 4.87. The summed E-state index contributed by atoms with van der Waals surface area (Å²) in [6.45, 7) is 0. The maximum atomic E-state index is 13.2. The van der Waals surface area contributed by atoms with Crippen LogP contribution in [0.2, 0.25) is 15.2 Å². The number of hydrogen-bond acceptors (Lipinski definition) is 2. The van der Waals surface area contributed by atoms with Gasteiger partial charge < -0.3 is 5.32 Å². The van der Waals surface area contributed by atoms with Crippen molar-refractivity contribution in [3.8, 4) is 0 Å². The van der Waals surface area contributed by atoms with Crippen LogP contribution in [0, 0.1) is 11.6 Å². The van der Waals surface area contributed by atoms with Crippen molar-refractivity contribution in [2.45, 2.75) is 0 Å². The van der Waals surface area contributed by atoms with Gasteiger partial charge in [0.05, 0.1) is 21.8 Å². The van der Waals surface area contributed by atoms with Gasteiger partial charge in [-0.1, -0.05) is 34.8 Å². The summed E-state index contributed by atoms with van der Waals surface area (Å²) >= 11 is 16.9. The van der Waals surface area contributed by atoms with Crippen LogP contribution in [0.15, 0.2) is 24.4 Å². The summed E-state index contributed by atoms with van der Waals surface area (Å²) in [7, 11) is 0. The SMILES string of the molecule is O=C(Nc1cc(Cl)c(F)c(Cl)c1)c1cc(F)cnc1Cl. The van der Waals surface area contributed by atoms with Crippen molar-refractivity contribution in [1.29, 1.82) is 0 Å². The van der Waals surface area contributed by atoms with Gasteiger partial charge in [0.15, 0.2) is 5.82 Å². The predicted molar refractivity (Wildman–Crippen MR) is 73.6 cm³/mol. The Hall–Kier alpha value is -1.43. The van der Waals surface area contributed by atoms with Crippen LogP contribution in [0.25, 0.3) is 0 Å². The van der Waals surface area contributed by atoms with E-state index in [2.05, 4.69) is 10.3 Å². The number of rotatable bonds is 2. The van der Waals surface area contributed by atoms with Crippen molar-refractivity contribution in [3.63, 3.8) is 0 Å². The molecular formula is C12H5Cl3F2N2O. The summed E-state index contributed by atoms with van der Waals surface area (Å²) in [4.78, 5) is 15.4. The molecule has 0 saturated carbocycles. The van der Waals surface area contributed by atoms with Gasteiger partial charge in [-0.15, -0.1) is 0 Å². The molecule has 0 aliphatic heterocycles. The van der Waals surface area contributed by atoms with E-state index in [1.165, 1.54) is 12.1 Å². The number of carbonyl (C=O) groups is 1. The molecule has 0 spiro atoms. The van der Waals surface area contributed by atoms with Gasteiger partial charge in [0, 0.05) is 5.69 Å². The molecule has 1 aromatic heterocycles. The Morgan fingerprint density at radius 2 is 1.70 bits per heavy atom. The molecule has 0 aliphatic carbocycles. The van der Waals surface area contributed by atoms with E-state index < -0.39 is 17.5 Å². The first-order valence-electron chi connectivity index (χ1n) is 5.15. The molecule has 20 heavy (non-hydrogen) atoms. The van der Waals surface area contributed by atoms with Gasteiger partial charge in [0.2, 0.25) is 0 Å². The first-order chi connectivity index (χ1) is 9.38. The van der Waals surface area contributed by atoms with Gasteiger partial charge >= 0.3 is 0 Å². The maximum Gasteiger partial charge on any atom is 0.258 e. The monoisotopic (exact) mass is 336 g/mol. The first kappa shape index (κ1) is 15.0. The average molecular weight is 338 g/mol. The Morgan fingerprint density at radius 3 is 2.30 bits per heavy atom. The molecule has 3 nitrogen and oxygen atoms in total. The van der Waals surface area contributed by atoms with Crippen LogP contribution in [0.5, 0.6) is 0 Å². The molecule has 104 valence electrons. The molecule has 0 atom stereocenters. The number of aromatic nitrogens is 1. The van der Waals surface area contributed by atoms with Crippen LogP contribution in [0.3, 0.4) is 0 Å². The number of nitrogens with one attached hydrogen (secondary N) is 1. The minimum Gasteiger partial charge on any atom is -0.322 e. The highest BCUT2D eigenvalue weighted by Crippen LogP contribution is 2.28. The molecule has 1 amide bonds. The topological polar surface area (TPSA) is 42.0 Å². The van der Waals surface area contributed by atoms with Crippen molar-refractivity contribution >= 4 is 46.4 Å². The number of amides is 1. The highest BCUT2D eigenvalue weighted by molar-refractivity contribution is 6.35. The Labute approximate surface area is 127 Å². The fourth-order valence-corrected chi connectivity index (χ4v) is 2.08. The van der Waals surface area contributed by atoms with Gasteiger partial charge in [-0.2, -0.15) is 0 Å². The summed E-state index contributed by atoms with van der Waals surface area (Å²) in [6.07, 6.45) is 0.880. The Kier molecular flexibility index (Phi) is 4.42. The molecule has 0 fully saturated rings. The fourth-order valence-electron chi connectivity index (χ4n) is 1.41. The molecule has 0 bridgehead atoms. The highest BCUT2D eigenvalue weighted by atomic mass is 35.5. The van der Waals surface area contributed by atoms with Gasteiger partial charge in [-0.3, -0.25) is 4.79 Å². The predicted octanol–water partition coefficient (Wildman–Crippen LogP) is 4.57. The van der Waals surface area contributed by atoms with Crippen molar-refractivity contribution in [1.82, 2.24) is 4.98 Å². The van der Waals surface area contributed by atoms with Crippen molar-refractivity contribution < 1.29 is 13.6 Å². The number of hydrogen-bond donors (Lipinski definition) is 1. The largest absolute Gasteiger partial charge is 0.322 e. The third-order valence-electron chi connectivity index (χ3n) is 2.29. The zero-order valence-corrected chi connectivity index (χ0v) is 11.8. The van der Waals surface area contributed by atoms with E-state index in [4.69, 9.17) is 34.8 Å². The van der Waals surface area contributed by atoms with E-state index in [1.807, 2.05) is 0 Å². The van der Waals surface area contributed by atoms with Gasteiger partial charge in [-0.25, -0.2) is 13.8 Å². The van der Waals surface area contributed by atoms with Gasteiger partial charge in [-0.05, 0) is 18.2 Å². The Balaban J connectivity index is 2.30. The number of anilines is 1. The zero-order chi connectivity index (χ0) is 14.9. The molecule has 1 heterocycles. The van der Waals surface area contributed by atoms with Crippen LogP contribution in [0.4, 0.5) is 14.5 Å². The number of nitrogens with zero attached hydrogens (tertiary/aromatic N) is 1. The van der Waals surface area contributed by atoms with Crippen LogP contribution in [-0.4, -0.2) is 10.9 Å². The third-order valence-corrected chi connectivity index (χ3v) is 3.14. The summed E-state index contributed by atoms with van der Waals surface area (Å²) < 4.78 is 26.3. The Morgan fingerprint density at radius 1 is 1.10 bits per heavy atom. The minimum absolute atomic E-state index is 0.145. The van der Waals surface area contributed by atoms with Crippen molar-refractivity contribution in [3.05, 3.63) is 56.8 Å². The van der Waals surface area contributed by atoms with E-state index in [-0.39, 0.29) is 26.4 Å². The number of halogens is 5. The normalized spacial score (nSPS) is 10.4. The van der Waals surface area contributed by atoms with Gasteiger partial charge in [0.1, 0.15) is 11.0 Å². The molecule has 2 rings (SSSR count). The van der Waals surface area contributed by atoms with Crippen LogP contribution in [-0.2, 0) is 0 Å². The van der Waals surface area contributed by atoms with E-state index in [0.29, 0.717) is 0 Å². The fraction of sp³-hybridized carbons (Fsp3) is 0. The second kappa shape index (κ2) is 5.91. The van der Waals surface area contributed by atoms with E-state index in [9.17, 15) is 13.6 Å². The Bertz CT molecular complexity index is 671. The summed E-state index contributed by atoms with van der Waals surface area (Å²) in [5.74, 6) is -2.23. The molecule has 1 N–H and O–H groups in total. The average Bonchev–Trinajstić information content (AvgIpc) is 2.38. The standard InChI is InChI=1S/C12H5Cl3F2N2O/c13-8-2-6(3-9(14)10(8)17)19-12(20)7-1-5(16)4-18-11(7)15/h1-4H,(H,19,20). The van der Waals surface area contributed by atoms with Gasteiger partial charge in [0.25, 0.3) is 5.91 Å². The van der Waals surface area contributed by atoms with Crippen LogP contribution >= 0.6 is 34.8 Å². The lowest BCUT2D eigenvalue weighted by Crippen LogP contribution is -2.13. The quantitative estimate of drug-likeness (QED) is 0.644. The molecule has 8 heteroatoms. The summed E-state index contributed by atoms with van der Waals surface area (Å²) in [5, 5.41) is 1.70. The van der Waals surface area contributed by atoms with Crippen LogP contribution < -0.4 is 5.32 Å². The molecular weight excluding hydrogens is 332 g/mol. The molecule has 0 radical (unpaired) electrons. The molecule has 2 aromatic rings. The lowest BCUT2D eigenvalue weighted by atomic mass is 10.2. The summed E-state index contributed by atoms with van der Waals surface area (Å²) in [6, 6.07) is 3.26. The number of carbonyl (C=O) groups excluding carboxylic acids is 1. The molecule has 0 aliphatic rings. The summed E-state index contributed by atoms with van der Waals surface area (Å²) in [5.41, 5.74) is -0.0186. The third kappa shape index (κ3) is 3.17. The second-order valence-electron chi connectivity index (χ2n) is 3.70. The van der Waals surface area contributed by atoms with Crippen molar-refractivity contribution in [2.24, 2.45) is 0 Å². The molecule has 1 aromatic carbocycles. The van der Waals surface area contributed by atoms with Crippen LogP contribution in [0.1, 0.15) is 10.4 Å². The molecule has 0 unspecified atom stereocenters.